The Morgan fingerprint density at radius 3 is 1.90 bits per heavy atom. The van der Waals surface area contributed by atoms with Gasteiger partial charge in [-0.2, -0.15) is 0 Å². The summed E-state index contributed by atoms with van der Waals surface area (Å²) in [6.45, 7) is 9.63. The summed E-state index contributed by atoms with van der Waals surface area (Å²) in [7, 11) is -3.18. The van der Waals surface area contributed by atoms with E-state index in [1.54, 1.807) is 13.8 Å². The smallest absolute Gasteiger partial charge is 0.154 e. The van der Waals surface area contributed by atoms with Gasteiger partial charge in [0.2, 0.25) is 0 Å². The third-order valence-electron chi connectivity index (χ3n) is 3.23. The SMILES string of the molecule is CC(C)(O)CCS(=O)(=O)Cc1ccc(C(C)(C)C)cc1. The Labute approximate surface area is 123 Å². The summed E-state index contributed by atoms with van der Waals surface area (Å²) in [5.41, 5.74) is 1.12. The molecule has 0 amide bonds. The molecule has 0 radical (unpaired) electrons. The van der Waals surface area contributed by atoms with E-state index in [1.807, 2.05) is 24.3 Å². The molecule has 0 aromatic heterocycles. The maximum Gasteiger partial charge on any atom is 0.154 e. The molecule has 0 bridgehead atoms. The van der Waals surface area contributed by atoms with Gasteiger partial charge in [0.05, 0.1) is 17.1 Å². The first kappa shape index (κ1) is 17.2. The summed E-state index contributed by atoms with van der Waals surface area (Å²) in [6, 6.07) is 7.73. The minimum Gasteiger partial charge on any atom is -0.390 e. The fourth-order valence-electron chi connectivity index (χ4n) is 1.83. The highest BCUT2D eigenvalue weighted by molar-refractivity contribution is 7.90. The van der Waals surface area contributed by atoms with Gasteiger partial charge in [-0.15, -0.1) is 0 Å². The van der Waals surface area contributed by atoms with Crippen molar-refractivity contribution in [3.05, 3.63) is 35.4 Å². The van der Waals surface area contributed by atoms with Crippen LogP contribution in [0, 0.1) is 0 Å². The van der Waals surface area contributed by atoms with Gasteiger partial charge in [-0.05, 0) is 36.8 Å². The van der Waals surface area contributed by atoms with E-state index >= 15 is 0 Å². The topological polar surface area (TPSA) is 54.4 Å². The molecule has 20 heavy (non-hydrogen) atoms. The molecule has 0 aliphatic rings. The molecule has 1 rings (SSSR count). The summed E-state index contributed by atoms with van der Waals surface area (Å²) in [4.78, 5) is 0. The highest BCUT2D eigenvalue weighted by Gasteiger charge is 2.20. The third kappa shape index (κ3) is 6.06. The van der Waals surface area contributed by atoms with E-state index in [-0.39, 0.29) is 23.3 Å². The van der Waals surface area contributed by atoms with Gasteiger partial charge in [0, 0.05) is 0 Å². The number of rotatable bonds is 5. The van der Waals surface area contributed by atoms with Crippen LogP contribution < -0.4 is 0 Å². The lowest BCUT2D eigenvalue weighted by molar-refractivity contribution is 0.0772. The van der Waals surface area contributed by atoms with Gasteiger partial charge in [-0.25, -0.2) is 8.42 Å². The lowest BCUT2D eigenvalue weighted by atomic mass is 9.87. The van der Waals surface area contributed by atoms with Crippen molar-refractivity contribution in [2.45, 2.75) is 57.8 Å². The van der Waals surface area contributed by atoms with Crippen molar-refractivity contribution < 1.29 is 13.5 Å². The Hall–Kier alpha value is -0.870. The normalized spacial score (nSPS) is 13.5. The zero-order chi connectivity index (χ0) is 15.6. The van der Waals surface area contributed by atoms with Crippen molar-refractivity contribution in [1.82, 2.24) is 0 Å². The molecule has 0 heterocycles. The van der Waals surface area contributed by atoms with E-state index in [2.05, 4.69) is 20.8 Å². The van der Waals surface area contributed by atoms with Crippen LogP contribution in [-0.4, -0.2) is 24.9 Å². The van der Waals surface area contributed by atoms with Crippen molar-refractivity contribution in [3.8, 4) is 0 Å². The molecular formula is C16H26O3S. The Morgan fingerprint density at radius 2 is 1.50 bits per heavy atom. The monoisotopic (exact) mass is 298 g/mol. The molecule has 0 fully saturated rings. The first-order chi connectivity index (χ1) is 8.89. The van der Waals surface area contributed by atoms with Crippen LogP contribution in [0.5, 0.6) is 0 Å². The molecule has 0 aliphatic carbocycles. The van der Waals surface area contributed by atoms with E-state index in [4.69, 9.17) is 0 Å². The number of sulfone groups is 1. The van der Waals surface area contributed by atoms with E-state index in [1.165, 1.54) is 5.56 Å². The van der Waals surface area contributed by atoms with Crippen LogP contribution in [0.3, 0.4) is 0 Å². The van der Waals surface area contributed by atoms with E-state index in [0.717, 1.165) is 5.56 Å². The molecule has 0 unspecified atom stereocenters. The van der Waals surface area contributed by atoms with Crippen molar-refractivity contribution in [3.63, 3.8) is 0 Å². The Kier molecular flexibility index (Phi) is 5.03. The Balaban J connectivity index is 2.73. The lowest BCUT2D eigenvalue weighted by Crippen LogP contribution is -2.24. The van der Waals surface area contributed by atoms with Crippen LogP contribution in [-0.2, 0) is 21.0 Å². The molecule has 4 heteroatoms. The molecule has 1 aromatic carbocycles. The van der Waals surface area contributed by atoms with Crippen LogP contribution in [0.2, 0.25) is 0 Å². The van der Waals surface area contributed by atoms with E-state index in [9.17, 15) is 13.5 Å². The lowest BCUT2D eigenvalue weighted by Gasteiger charge is -2.19. The summed E-state index contributed by atoms with van der Waals surface area (Å²) in [6.07, 6.45) is 0.259. The van der Waals surface area contributed by atoms with Gasteiger partial charge in [-0.3, -0.25) is 0 Å². The maximum absolute atomic E-state index is 12.0. The number of hydrogen-bond acceptors (Lipinski definition) is 3. The van der Waals surface area contributed by atoms with Gasteiger partial charge in [0.25, 0.3) is 0 Å². The molecule has 0 spiro atoms. The zero-order valence-electron chi connectivity index (χ0n) is 13.1. The van der Waals surface area contributed by atoms with Gasteiger partial charge >= 0.3 is 0 Å². The Bertz CT molecular complexity index is 529. The molecule has 0 aliphatic heterocycles. The second-order valence-corrected chi connectivity index (χ2v) is 9.29. The van der Waals surface area contributed by atoms with Crippen molar-refractivity contribution in [2.24, 2.45) is 0 Å². The van der Waals surface area contributed by atoms with Crippen LogP contribution in [0.1, 0.15) is 52.2 Å². The molecule has 1 N–H and O–H groups in total. The average Bonchev–Trinajstić information content (AvgIpc) is 2.25. The van der Waals surface area contributed by atoms with Crippen LogP contribution in [0.25, 0.3) is 0 Å². The maximum atomic E-state index is 12.0. The highest BCUT2D eigenvalue weighted by atomic mass is 32.2. The molecule has 1 aromatic rings. The standard InChI is InChI=1S/C16H26O3S/c1-15(2,3)14-8-6-13(7-9-14)12-20(18,19)11-10-16(4,5)17/h6-9,17H,10-12H2,1-5H3. The highest BCUT2D eigenvalue weighted by Crippen LogP contribution is 2.23. The largest absolute Gasteiger partial charge is 0.390 e. The third-order valence-corrected chi connectivity index (χ3v) is 4.83. The number of aliphatic hydroxyl groups is 1. The van der Waals surface area contributed by atoms with Gasteiger partial charge in [-0.1, -0.05) is 45.0 Å². The minimum atomic E-state index is -3.18. The van der Waals surface area contributed by atoms with E-state index in [0.29, 0.717) is 0 Å². The van der Waals surface area contributed by atoms with E-state index < -0.39 is 15.4 Å². The second-order valence-electron chi connectivity index (χ2n) is 7.10. The van der Waals surface area contributed by atoms with Gasteiger partial charge in [0.1, 0.15) is 0 Å². The quantitative estimate of drug-likeness (QED) is 0.909. The molecule has 114 valence electrons. The number of hydrogen-bond donors (Lipinski definition) is 1. The molecule has 0 saturated carbocycles. The van der Waals surface area contributed by atoms with Crippen LogP contribution in [0.4, 0.5) is 0 Å². The predicted molar refractivity (Wildman–Crippen MR) is 83.5 cm³/mol. The Morgan fingerprint density at radius 1 is 1.00 bits per heavy atom. The van der Waals surface area contributed by atoms with Crippen LogP contribution >= 0.6 is 0 Å². The first-order valence-electron chi connectivity index (χ1n) is 6.91. The predicted octanol–water partition coefficient (Wildman–Crippen LogP) is 3.06. The molecular weight excluding hydrogens is 272 g/mol. The average molecular weight is 298 g/mol. The zero-order valence-corrected chi connectivity index (χ0v) is 13.9. The van der Waals surface area contributed by atoms with Crippen molar-refractivity contribution in [2.75, 3.05) is 5.75 Å². The van der Waals surface area contributed by atoms with Gasteiger partial charge < -0.3 is 5.11 Å². The molecule has 0 saturated heterocycles. The summed E-state index contributed by atoms with van der Waals surface area (Å²) in [5, 5.41) is 9.61. The van der Waals surface area contributed by atoms with Crippen molar-refractivity contribution in [1.29, 1.82) is 0 Å². The summed E-state index contributed by atoms with van der Waals surface area (Å²) >= 11 is 0. The minimum absolute atomic E-state index is 0.0114. The molecule has 3 nitrogen and oxygen atoms in total. The molecule has 0 atom stereocenters. The summed E-state index contributed by atoms with van der Waals surface area (Å²) < 4.78 is 24.0. The first-order valence-corrected chi connectivity index (χ1v) is 8.73. The fraction of sp³-hybridized carbons (Fsp3) is 0.625. The fourth-order valence-corrected chi connectivity index (χ4v) is 3.49. The van der Waals surface area contributed by atoms with Crippen molar-refractivity contribution >= 4 is 9.84 Å². The van der Waals surface area contributed by atoms with Gasteiger partial charge in [0.15, 0.2) is 9.84 Å². The number of benzene rings is 1. The van der Waals surface area contributed by atoms with Crippen LogP contribution in [0.15, 0.2) is 24.3 Å². The summed E-state index contributed by atoms with van der Waals surface area (Å²) in [5.74, 6) is 0.0467. The second kappa shape index (κ2) is 5.86.